The summed E-state index contributed by atoms with van der Waals surface area (Å²) in [4.78, 5) is 53.5. The zero-order valence-corrected chi connectivity index (χ0v) is 16.3. The summed E-state index contributed by atoms with van der Waals surface area (Å²) in [6, 6.07) is 0. The first-order valence-corrected chi connectivity index (χ1v) is 9.38. The third-order valence-electron chi connectivity index (χ3n) is 6.62. The number of hydrogen-bond donors (Lipinski definition) is 1. The molecule has 150 valence electrons. The maximum absolute atomic E-state index is 13.0. The van der Waals surface area contributed by atoms with Crippen molar-refractivity contribution >= 4 is 23.8 Å². The van der Waals surface area contributed by atoms with E-state index in [1.165, 1.54) is 0 Å². The lowest BCUT2D eigenvalue weighted by Gasteiger charge is -2.40. The van der Waals surface area contributed by atoms with Crippen LogP contribution in [0.25, 0.3) is 0 Å². The average molecular weight is 389 g/mol. The second-order valence-corrected chi connectivity index (χ2v) is 8.82. The molecule has 28 heavy (non-hydrogen) atoms. The molecule has 0 aromatic heterocycles. The van der Waals surface area contributed by atoms with Crippen molar-refractivity contribution in [2.45, 2.75) is 65.1 Å². The van der Waals surface area contributed by atoms with E-state index in [9.17, 15) is 24.3 Å². The summed E-state index contributed by atoms with van der Waals surface area (Å²) in [5.74, 6) is -1.56. The molecule has 0 aromatic rings. The number of ether oxygens (including phenoxy) is 1. The lowest BCUT2D eigenvalue weighted by atomic mass is 9.67. The number of ketones is 1. The van der Waals surface area contributed by atoms with Crippen LogP contribution in [0.5, 0.6) is 0 Å². The van der Waals surface area contributed by atoms with Gasteiger partial charge in [0, 0.05) is 34.8 Å². The number of fused-ring (bicyclic) bond motifs is 1. The summed E-state index contributed by atoms with van der Waals surface area (Å²) in [5, 5.41) is 11.3. The molecule has 8 nitrogen and oxygen atoms in total. The van der Waals surface area contributed by atoms with Crippen molar-refractivity contribution in [3.05, 3.63) is 22.8 Å². The molecule has 4 aliphatic rings. The summed E-state index contributed by atoms with van der Waals surface area (Å²) in [7, 11) is 0. The van der Waals surface area contributed by atoms with E-state index < -0.39 is 40.5 Å². The van der Waals surface area contributed by atoms with E-state index in [0.717, 1.165) is 5.57 Å². The van der Waals surface area contributed by atoms with Crippen LogP contribution in [0.4, 0.5) is 4.79 Å². The van der Waals surface area contributed by atoms with E-state index in [1.807, 2.05) is 20.8 Å². The zero-order chi connectivity index (χ0) is 20.6. The normalized spacial score (nSPS) is 32.6. The van der Waals surface area contributed by atoms with Crippen LogP contribution >= 0.6 is 0 Å². The smallest absolute Gasteiger partial charge is 0.424 e. The summed E-state index contributed by atoms with van der Waals surface area (Å²) in [6.07, 6.45) is 1.06. The fraction of sp³-hybridized carbons (Fsp3) is 0.600. The zero-order valence-electron chi connectivity index (χ0n) is 16.3. The van der Waals surface area contributed by atoms with Crippen LogP contribution in [0.15, 0.2) is 22.8 Å². The van der Waals surface area contributed by atoms with Crippen molar-refractivity contribution in [3.63, 3.8) is 0 Å². The number of carbonyl (C=O) groups excluding carboxylic acids is 4. The van der Waals surface area contributed by atoms with Crippen LogP contribution in [0, 0.1) is 10.8 Å². The maximum atomic E-state index is 13.0. The Bertz CT molecular complexity index is 872. The fourth-order valence-electron chi connectivity index (χ4n) is 4.78. The third-order valence-corrected chi connectivity index (χ3v) is 6.62. The second kappa shape index (κ2) is 5.53. The van der Waals surface area contributed by atoms with Gasteiger partial charge in [-0.3, -0.25) is 19.2 Å². The minimum atomic E-state index is -1.49. The van der Waals surface area contributed by atoms with Gasteiger partial charge in [0.15, 0.2) is 5.78 Å². The number of nitrogens with zero attached hydrogens (tertiary/aromatic N) is 1. The highest BCUT2D eigenvalue weighted by atomic mass is 16.8. The first kappa shape index (κ1) is 18.9. The van der Waals surface area contributed by atoms with Crippen LogP contribution in [0.1, 0.15) is 53.4 Å². The lowest BCUT2D eigenvalue weighted by Crippen LogP contribution is -2.50. The molecule has 1 unspecified atom stereocenters. The number of hydrogen-bond acceptors (Lipinski definition) is 7. The Labute approximate surface area is 162 Å². The van der Waals surface area contributed by atoms with Crippen molar-refractivity contribution in [2.75, 3.05) is 0 Å². The van der Waals surface area contributed by atoms with Crippen molar-refractivity contribution in [2.24, 2.45) is 10.8 Å². The van der Waals surface area contributed by atoms with E-state index in [0.29, 0.717) is 29.1 Å². The van der Waals surface area contributed by atoms with Crippen molar-refractivity contribution in [1.82, 2.24) is 5.06 Å². The summed E-state index contributed by atoms with van der Waals surface area (Å²) < 4.78 is 5.51. The first-order valence-electron chi connectivity index (χ1n) is 9.38. The minimum absolute atomic E-state index is 0.0108. The van der Waals surface area contributed by atoms with Gasteiger partial charge in [-0.15, -0.1) is 0 Å². The van der Waals surface area contributed by atoms with Crippen molar-refractivity contribution in [3.8, 4) is 0 Å². The Morgan fingerprint density at radius 3 is 2.25 bits per heavy atom. The SMILES string of the molecule is CC1=C2C(=CC(C)(C)C2OC(=O)ON2C(=O)CCC2=O)C(=O)[C@](C)(O)C12CC2. The average Bonchev–Trinajstić information content (AvgIpc) is 3.31. The number of carbonyl (C=O) groups is 4. The van der Waals surface area contributed by atoms with Gasteiger partial charge in [-0.05, 0) is 26.7 Å². The molecular weight excluding hydrogens is 366 g/mol. The number of aliphatic hydroxyl groups is 1. The standard InChI is InChI=1S/C20H23NO7/c1-10-14-11(15(24)19(4,26)20(10)7-8-20)9-18(2,3)16(14)27-17(25)28-21-12(22)5-6-13(21)23/h9,16,26H,5-8H2,1-4H3/t16?,19-/m0/s1. The van der Waals surface area contributed by atoms with E-state index in [4.69, 9.17) is 9.57 Å². The lowest BCUT2D eigenvalue weighted by molar-refractivity contribution is -0.178. The van der Waals surface area contributed by atoms with E-state index in [-0.39, 0.29) is 18.6 Å². The predicted molar refractivity (Wildman–Crippen MR) is 94.3 cm³/mol. The van der Waals surface area contributed by atoms with Crippen LogP contribution in [0.3, 0.4) is 0 Å². The van der Waals surface area contributed by atoms with Gasteiger partial charge in [0.25, 0.3) is 11.8 Å². The molecule has 0 bridgehead atoms. The van der Waals surface area contributed by atoms with Gasteiger partial charge in [-0.25, -0.2) is 4.79 Å². The minimum Gasteiger partial charge on any atom is -0.424 e. The number of imide groups is 1. The molecule has 8 heteroatoms. The van der Waals surface area contributed by atoms with Crippen LogP contribution in [-0.2, 0) is 24.0 Å². The number of amides is 2. The molecule has 3 aliphatic carbocycles. The Morgan fingerprint density at radius 2 is 1.71 bits per heavy atom. The van der Waals surface area contributed by atoms with Crippen molar-refractivity contribution in [1.29, 1.82) is 0 Å². The Kier molecular flexibility index (Phi) is 3.73. The van der Waals surface area contributed by atoms with Gasteiger partial charge in [-0.2, -0.15) is 0 Å². The Balaban J connectivity index is 1.65. The molecule has 0 aromatic carbocycles. The molecule has 2 fully saturated rings. The highest BCUT2D eigenvalue weighted by Gasteiger charge is 2.66. The summed E-state index contributed by atoms with van der Waals surface area (Å²) in [6.45, 7) is 7.02. The van der Waals surface area contributed by atoms with Crippen LogP contribution < -0.4 is 0 Å². The van der Waals surface area contributed by atoms with Crippen LogP contribution in [-0.4, -0.2) is 45.6 Å². The molecule has 1 N–H and O–H groups in total. The molecule has 0 radical (unpaired) electrons. The topological polar surface area (TPSA) is 110 Å². The molecule has 1 spiro atoms. The van der Waals surface area contributed by atoms with E-state index in [1.54, 1.807) is 13.0 Å². The Hall–Kier alpha value is -2.48. The number of hydroxylamine groups is 2. The molecule has 1 aliphatic heterocycles. The second-order valence-electron chi connectivity index (χ2n) is 8.82. The number of Topliss-reactive ketones (excluding diaryl/α,β-unsaturated/α-hetero) is 1. The quantitative estimate of drug-likeness (QED) is 0.568. The Morgan fingerprint density at radius 1 is 1.14 bits per heavy atom. The summed E-state index contributed by atoms with van der Waals surface area (Å²) in [5.41, 5.74) is -1.07. The van der Waals surface area contributed by atoms with Gasteiger partial charge in [0.05, 0.1) is 0 Å². The maximum Gasteiger partial charge on any atom is 0.534 e. The molecule has 4 rings (SSSR count). The van der Waals surface area contributed by atoms with E-state index >= 15 is 0 Å². The summed E-state index contributed by atoms with van der Waals surface area (Å²) >= 11 is 0. The van der Waals surface area contributed by atoms with Gasteiger partial charge in [0.2, 0.25) is 0 Å². The predicted octanol–water partition coefficient (Wildman–Crippen LogP) is 1.97. The van der Waals surface area contributed by atoms with Gasteiger partial charge in [-0.1, -0.05) is 30.6 Å². The molecule has 1 saturated carbocycles. The first-order chi connectivity index (χ1) is 12.9. The monoisotopic (exact) mass is 389 g/mol. The van der Waals surface area contributed by atoms with Crippen LogP contribution in [0.2, 0.25) is 0 Å². The highest BCUT2D eigenvalue weighted by Crippen LogP contribution is 2.65. The van der Waals surface area contributed by atoms with Gasteiger partial charge in [0.1, 0.15) is 11.7 Å². The molecular formula is C20H23NO7. The third kappa shape index (κ3) is 2.33. The van der Waals surface area contributed by atoms with Crippen molar-refractivity contribution < 1.29 is 33.9 Å². The fourth-order valence-corrected chi connectivity index (χ4v) is 4.78. The molecule has 1 saturated heterocycles. The molecule has 2 atom stereocenters. The largest absolute Gasteiger partial charge is 0.534 e. The van der Waals surface area contributed by atoms with Gasteiger partial charge >= 0.3 is 6.16 Å². The van der Waals surface area contributed by atoms with Gasteiger partial charge < -0.3 is 9.84 Å². The molecule has 2 amide bonds. The molecule has 1 heterocycles. The highest BCUT2D eigenvalue weighted by molar-refractivity contribution is 6.09. The van der Waals surface area contributed by atoms with E-state index in [2.05, 4.69) is 0 Å². The number of rotatable bonds is 2.